The topological polar surface area (TPSA) is 49.3 Å². The van der Waals surface area contributed by atoms with Gasteiger partial charge >= 0.3 is 5.97 Å². The maximum Gasteiger partial charge on any atom is 0.345 e. The monoisotopic (exact) mass is 287 g/mol. The Hall–Kier alpha value is -0.880. The predicted octanol–water partition coefficient (Wildman–Crippen LogP) is 3.45. The van der Waals surface area contributed by atoms with Crippen LogP contribution in [-0.2, 0) is 13.1 Å². The quantitative estimate of drug-likeness (QED) is 0.885. The second-order valence-electron chi connectivity index (χ2n) is 3.38. The van der Waals surface area contributed by atoms with Crippen LogP contribution in [0.1, 0.15) is 19.4 Å². The van der Waals surface area contributed by atoms with Gasteiger partial charge in [-0.3, -0.25) is 0 Å². The Morgan fingerprint density at radius 1 is 1.18 bits per heavy atom. The molecule has 0 unspecified atom stereocenters. The van der Waals surface area contributed by atoms with Crippen LogP contribution in [0.3, 0.4) is 0 Å². The van der Waals surface area contributed by atoms with Gasteiger partial charge in [0.05, 0.1) is 4.34 Å². The molecule has 0 aliphatic carbocycles. The van der Waals surface area contributed by atoms with Gasteiger partial charge in [0, 0.05) is 22.8 Å². The van der Waals surface area contributed by atoms with E-state index in [0.29, 0.717) is 11.4 Å². The first-order chi connectivity index (χ1) is 8.15. The average Bonchev–Trinajstić information content (AvgIpc) is 2.88. The molecular formula is C11H10ClNO2S2. The Kier molecular flexibility index (Phi) is 4.17. The molecule has 0 fully saturated rings. The van der Waals surface area contributed by atoms with E-state index < -0.39 is 5.97 Å². The molecule has 2 aromatic rings. The molecule has 6 heteroatoms. The van der Waals surface area contributed by atoms with Crippen molar-refractivity contribution in [1.82, 2.24) is 5.32 Å². The third-order valence-electron chi connectivity index (χ3n) is 2.10. The van der Waals surface area contributed by atoms with Crippen LogP contribution in [0.15, 0.2) is 24.3 Å². The zero-order chi connectivity index (χ0) is 12.3. The zero-order valence-electron chi connectivity index (χ0n) is 8.77. The highest BCUT2D eigenvalue weighted by atomic mass is 35.5. The second kappa shape index (κ2) is 5.64. The van der Waals surface area contributed by atoms with Crippen molar-refractivity contribution in [3.63, 3.8) is 0 Å². The summed E-state index contributed by atoms with van der Waals surface area (Å²) in [6.07, 6.45) is 0. The fourth-order valence-corrected chi connectivity index (χ4v) is 3.22. The van der Waals surface area contributed by atoms with Crippen LogP contribution in [0, 0.1) is 0 Å². The Balaban J connectivity index is 1.83. The Labute approximate surface area is 112 Å². The van der Waals surface area contributed by atoms with Crippen LogP contribution < -0.4 is 5.32 Å². The van der Waals surface area contributed by atoms with Gasteiger partial charge in [-0.25, -0.2) is 4.79 Å². The molecule has 0 saturated carbocycles. The van der Waals surface area contributed by atoms with Crippen LogP contribution in [0.5, 0.6) is 0 Å². The van der Waals surface area contributed by atoms with Gasteiger partial charge in [0.1, 0.15) is 4.88 Å². The lowest BCUT2D eigenvalue weighted by molar-refractivity contribution is 0.0702. The fraction of sp³-hybridized carbons (Fsp3) is 0.182. The lowest BCUT2D eigenvalue weighted by Gasteiger charge is -1.99. The molecule has 3 nitrogen and oxygen atoms in total. The molecule has 90 valence electrons. The third-order valence-corrected chi connectivity index (χ3v) is 4.40. The van der Waals surface area contributed by atoms with Crippen molar-refractivity contribution in [3.05, 3.63) is 43.2 Å². The highest BCUT2D eigenvalue weighted by Gasteiger charge is 2.06. The minimum atomic E-state index is -0.869. The molecule has 0 saturated heterocycles. The van der Waals surface area contributed by atoms with Gasteiger partial charge in [-0.15, -0.1) is 22.7 Å². The lowest BCUT2D eigenvalue weighted by atomic mass is 10.4. The fourth-order valence-electron chi connectivity index (χ4n) is 1.34. The molecule has 0 radical (unpaired) electrons. The average molecular weight is 288 g/mol. The van der Waals surface area contributed by atoms with Crippen LogP contribution in [-0.4, -0.2) is 11.1 Å². The number of thiophene rings is 2. The number of carbonyl (C=O) groups is 1. The van der Waals surface area contributed by atoms with E-state index in [-0.39, 0.29) is 0 Å². The summed E-state index contributed by atoms with van der Waals surface area (Å²) in [5.74, 6) is -0.869. The van der Waals surface area contributed by atoms with Gasteiger partial charge in [0.15, 0.2) is 0 Å². The number of carboxylic acid groups (broad SMARTS) is 1. The highest BCUT2D eigenvalue weighted by Crippen LogP contribution is 2.21. The van der Waals surface area contributed by atoms with Gasteiger partial charge in [-0.1, -0.05) is 11.6 Å². The second-order valence-corrected chi connectivity index (χ2v) is 6.35. The van der Waals surface area contributed by atoms with E-state index in [2.05, 4.69) is 5.32 Å². The highest BCUT2D eigenvalue weighted by molar-refractivity contribution is 7.16. The van der Waals surface area contributed by atoms with Crippen molar-refractivity contribution in [2.75, 3.05) is 0 Å². The predicted molar refractivity (Wildman–Crippen MR) is 71.2 cm³/mol. The summed E-state index contributed by atoms with van der Waals surface area (Å²) in [7, 11) is 0. The first kappa shape index (κ1) is 12.6. The van der Waals surface area contributed by atoms with E-state index in [1.165, 1.54) is 16.2 Å². The van der Waals surface area contributed by atoms with Crippen LogP contribution in [0.4, 0.5) is 0 Å². The van der Waals surface area contributed by atoms with E-state index in [1.807, 2.05) is 18.2 Å². The van der Waals surface area contributed by atoms with Crippen molar-refractivity contribution in [3.8, 4) is 0 Å². The standard InChI is InChI=1S/C11H10ClNO2S2/c12-10-4-2-8(17-10)6-13-5-7-1-3-9(16-7)11(14)15/h1-4,13H,5-6H2,(H,14,15). The Morgan fingerprint density at radius 2 is 1.82 bits per heavy atom. The molecule has 17 heavy (non-hydrogen) atoms. The number of aromatic carboxylic acids is 1. The maximum atomic E-state index is 10.7. The summed E-state index contributed by atoms with van der Waals surface area (Å²) >= 11 is 8.66. The summed E-state index contributed by atoms with van der Waals surface area (Å²) in [5.41, 5.74) is 0. The minimum Gasteiger partial charge on any atom is -0.477 e. The van der Waals surface area contributed by atoms with Gasteiger partial charge in [0.2, 0.25) is 0 Å². The largest absolute Gasteiger partial charge is 0.477 e. The molecular weight excluding hydrogens is 278 g/mol. The van der Waals surface area contributed by atoms with Crippen LogP contribution in [0.25, 0.3) is 0 Å². The van der Waals surface area contributed by atoms with Gasteiger partial charge < -0.3 is 10.4 Å². The zero-order valence-corrected chi connectivity index (χ0v) is 11.2. The summed E-state index contributed by atoms with van der Waals surface area (Å²) < 4.78 is 0.783. The third kappa shape index (κ3) is 3.54. The molecule has 2 N–H and O–H groups in total. The van der Waals surface area contributed by atoms with E-state index >= 15 is 0 Å². The Bertz CT molecular complexity index is 521. The van der Waals surface area contributed by atoms with Gasteiger partial charge in [-0.2, -0.15) is 0 Å². The molecule has 0 atom stereocenters. The number of carboxylic acids is 1. The molecule has 0 aliphatic heterocycles. The van der Waals surface area contributed by atoms with Crippen molar-refractivity contribution in [2.45, 2.75) is 13.1 Å². The number of hydrogen-bond acceptors (Lipinski definition) is 4. The first-order valence-corrected chi connectivity index (χ1v) is 6.93. The molecule has 0 amide bonds. The summed E-state index contributed by atoms with van der Waals surface area (Å²) in [6, 6.07) is 7.32. The molecule has 2 rings (SSSR count). The molecule has 0 aromatic carbocycles. The van der Waals surface area contributed by atoms with Crippen molar-refractivity contribution < 1.29 is 9.90 Å². The number of nitrogens with one attached hydrogen (secondary N) is 1. The molecule has 2 heterocycles. The number of halogens is 1. The summed E-state index contributed by atoms with van der Waals surface area (Å²) in [5, 5.41) is 12.0. The first-order valence-electron chi connectivity index (χ1n) is 4.92. The minimum absolute atomic E-state index is 0.376. The molecule has 2 aromatic heterocycles. The maximum absolute atomic E-state index is 10.7. The smallest absolute Gasteiger partial charge is 0.345 e. The normalized spacial score (nSPS) is 10.6. The molecule has 0 aliphatic rings. The Morgan fingerprint density at radius 3 is 2.35 bits per heavy atom. The number of rotatable bonds is 5. The number of hydrogen-bond donors (Lipinski definition) is 2. The summed E-state index contributed by atoms with van der Waals surface area (Å²) in [4.78, 5) is 13.3. The summed E-state index contributed by atoms with van der Waals surface area (Å²) in [6.45, 7) is 1.42. The van der Waals surface area contributed by atoms with Crippen LogP contribution in [0.2, 0.25) is 4.34 Å². The van der Waals surface area contributed by atoms with Crippen molar-refractivity contribution in [2.24, 2.45) is 0 Å². The molecule has 0 bridgehead atoms. The van der Waals surface area contributed by atoms with Gasteiger partial charge in [0.25, 0.3) is 0 Å². The van der Waals surface area contributed by atoms with Crippen molar-refractivity contribution >= 4 is 40.2 Å². The van der Waals surface area contributed by atoms with E-state index in [9.17, 15) is 4.79 Å². The molecule has 0 spiro atoms. The van der Waals surface area contributed by atoms with Crippen LogP contribution >= 0.6 is 34.3 Å². The SMILES string of the molecule is O=C(O)c1ccc(CNCc2ccc(Cl)s2)s1. The van der Waals surface area contributed by atoms with Crippen molar-refractivity contribution in [1.29, 1.82) is 0 Å². The van der Waals surface area contributed by atoms with E-state index in [4.69, 9.17) is 16.7 Å². The van der Waals surface area contributed by atoms with Gasteiger partial charge in [-0.05, 0) is 24.3 Å². The van der Waals surface area contributed by atoms with E-state index in [0.717, 1.165) is 15.8 Å². The lowest BCUT2D eigenvalue weighted by Crippen LogP contribution is -2.10. The van der Waals surface area contributed by atoms with E-state index in [1.54, 1.807) is 17.4 Å².